The molecule has 0 aliphatic carbocycles. The van der Waals surface area contributed by atoms with Gasteiger partial charge in [0.2, 0.25) is 0 Å². The molecular weight excluding hydrogens is 334 g/mol. The van der Waals surface area contributed by atoms with Crippen LogP contribution in [-0.2, 0) is 22.6 Å². The summed E-state index contributed by atoms with van der Waals surface area (Å²) >= 11 is 0. The molecule has 3 rings (SSSR count). The highest BCUT2D eigenvalue weighted by Crippen LogP contribution is 2.31. The van der Waals surface area contributed by atoms with Crippen molar-refractivity contribution < 1.29 is 24.2 Å². The fourth-order valence-corrected chi connectivity index (χ4v) is 2.85. The van der Waals surface area contributed by atoms with Gasteiger partial charge in [-0.25, -0.2) is 4.79 Å². The first-order valence-corrected chi connectivity index (χ1v) is 8.40. The zero-order chi connectivity index (χ0) is 18.7. The van der Waals surface area contributed by atoms with Gasteiger partial charge in [-0.05, 0) is 54.3 Å². The molecule has 0 saturated carbocycles. The number of carbonyl (C=O) groups excluding carboxylic acids is 1. The average molecular weight is 355 g/mol. The second kappa shape index (κ2) is 7.47. The summed E-state index contributed by atoms with van der Waals surface area (Å²) in [7, 11) is 0. The Hall–Kier alpha value is -3.02. The van der Waals surface area contributed by atoms with Crippen LogP contribution in [0.3, 0.4) is 0 Å². The smallest absolute Gasteiger partial charge is 0.341 e. The van der Waals surface area contributed by atoms with Gasteiger partial charge in [0.05, 0.1) is 0 Å². The fourth-order valence-electron chi connectivity index (χ4n) is 2.85. The molecule has 26 heavy (non-hydrogen) atoms. The lowest BCUT2D eigenvalue weighted by Gasteiger charge is -2.12. The second-order valence-corrected chi connectivity index (χ2v) is 6.40. The number of rotatable bonds is 6. The van der Waals surface area contributed by atoms with Crippen molar-refractivity contribution in [1.82, 2.24) is 5.32 Å². The molecule has 0 spiro atoms. The molecule has 0 saturated heterocycles. The normalized spacial score (nSPS) is 15.1. The number of nitrogens with one attached hydrogen (secondary N) is 1. The SMILES string of the molecule is Cc1cc2c(cc1C)O[C@H](C(=O)NCc1cccc(OCC(=O)O)c1)C2. The zero-order valence-corrected chi connectivity index (χ0v) is 14.7. The highest BCUT2D eigenvalue weighted by atomic mass is 16.5. The molecule has 0 radical (unpaired) electrons. The van der Waals surface area contributed by atoms with Gasteiger partial charge >= 0.3 is 5.97 Å². The van der Waals surface area contributed by atoms with Crippen molar-refractivity contribution in [2.24, 2.45) is 0 Å². The van der Waals surface area contributed by atoms with Gasteiger partial charge in [-0.2, -0.15) is 0 Å². The summed E-state index contributed by atoms with van der Waals surface area (Å²) in [4.78, 5) is 23.0. The van der Waals surface area contributed by atoms with Gasteiger partial charge in [-0.1, -0.05) is 18.2 Å². The third-order valence-corrected chi connectivity index (χ3v) is 4.37. The van der Waals surface area contributed by atoms with E-state index in [4.69, 9.17) is 14.6 Å². The highest BCUT2D eigenvalue weighted by molar-refractivity contribution is 5.82. The molecule has 6 heteroatoms. The predicted octanol–water partition coefficient (Wildman–Crippen LogP) is 2.39. The van der Waals surface area contributed by atoms with E-state index < -0.39 is 18.7 Å². The molecule has 2 N–H and O–H groups in total. The summed E-state index contributed by atoms with van der Waals surface area (Å²) < 4.78 is 10.9. The third-order valence-electron chi connectivity index (χ3n) is 4.37. The molecule has 0 aromatic heterocycles. The fraction of sp³-hybridized carbons (Fsp3) is 0.300. The summed E-state index contributed by atoms with van der Waals surface area (Å²) in [6.07, 6.45) is 0.0296. The number of carbonyl (C=O) groups is 2. The van der Waals surface area contributed by atoms with Crippen LogP contribution in [0.25, 0.3) is 0 Å². The Morgan fingerprint density at radius 3 is 2.77 bits per heavy atom. The number of hydrogen-bond acceptors (Lipinski definition) is 4. The minimum atomic E-state index is -1.04. The quantitative estimate of drug-likeness (QED) is 0.831. The molecule has 1 aliphatic heterocycles. The van der Waals surface area contributed by atoms with Gasteiger partial charge in [0.25, 0.3) is 5.91 Å². The van der Waals surface area contributed by atoms with E-state index in [1.807, 2.05) is 26.0 Å². The Bertz CT molecular complexity index is 815. The molecule has 2 aromatic rings. The molecule has 0 bridgehead atoms. The van der Waals surface area contributed by atoms with Crippen molar-refractivity contribution in [2.75, 3.05) is 6.61 Å². The molecule has 0 unspecified atom stereocenters. The summed E-state index contributed by atoms with van der Waals surface area (Å²) in [6.45, 7) is 3.98. The van der Waals surface area contributed by atoms with E-state index in [1.54, 1.807) is 18.2 Å². The minimum absolute atomic E-state index is 0.173. The first kappa shape index (κ1) is 17.8. The van der Waals surface area contributed by atoms with Gasteiger partial charge in [0.1, 0.15) is 11.5 Å². The lowest BCUT2D eigenvalue weighted by molar-refractivity contribution is -0.139. The number of fused-ring (bicyclic) bond motifs is 1. The molecule has 1 heterocycles. The number of carboxylic acid groups (broad SMARTS) is 1. The van der Waals surface area contributed by atoms with Crippen LogP contribution in [-0.4, -0.2) is 29.7 Å². The van der Waals surface area contributed by atoms with Crippen molar-refractivity contribution >= 4 is 11.9 Å². The lowest BCUT2D eigenvalue weighted by atomic mass is 10.0. The van der Waals surface area contributed by atoms with Gasteiger partial charge in [-0.15, -0.1) is 0 Å². The Kier molecular flexibility index (Phi) is 5.11. The maximum atomic E-state index is 12.4. The largest absolute Gasteiger partial charge is 0.482 e. The van der Waals surface area contributed by atoms with E-state index in [0.717, 1.165) is 22.4 Å². The average Bonchev–Trinajstić information content (AvgIpc) is 3.01. The molecular formula is C20H21NO5. The van der Waals surface area contributed by atoms with Crippen LogP contribution >= 0.6 is 0 Å². The minimum Gasteiger partial charge on any atom is -0.482 e. The standard InChI is InChI=1S/C20H21NO5/c1-12-6-15-9-18(26-17(15)7-13(12)2)20(24)21-10-14-4-3-5-16(8-14)25-11-19(22)23/h3-8,18H,9-11H2,1-2H3,(H,21,24)(H,22,23)/t18-/m0/s1. The lowest BCUT2D eigenvalue weighted by Crippen LogP contribution is -2.37. The molecule has 1 atom stereocenters. The van der Waals surface area contributed by atoms with Gasteiger partial charge in [-0.3, -0.25) is 4.79 Å². The van der Waals surface area contributed by atoms with Gasteiger partial charge in [0, 0.05) is 13.0 Å². The number of ether oxygens (including phenoxy) is 2. The highest BCUT2D eigenvalue weighted by Gasteiger charge is 2.29. The van der Waals surface area contributed by atoms with E-state index in [0.29, 0.717) is 18.7 Å². The Labute approximate surface area is 151 Å². The van der Waals surface area contributed by atoms with Crippen LogP contribution in [0.15, 0.2) is 36.4 Å². The van der Waals surface area contributed by atoms with Crippen LogP contribution in [0.5, 0.6) is 11.5 Å². The van der Waals surface area contributed by atoms with Crippen LogP contribution in [0.4, 0.5) is 0 Å². The van der Waals surface area contributed by atoms with E-state index in [2.05, 4.69) is 11.4 Å². The summed E-state index contributed by atoms with van der Waals surface area (Å²) in [5, 5.41) is 11.5. The number of aryl methyl sites for hydroxylation is 2. The molecule has 136 valence electrons. The van der Waals surface area contributed by atoms with Crippen molar-refractivity contribution in [1.29, 1.82) is 0 Å². The maximum Gasteiger partial charge on any atom is 0.341 e. The van der Waals surface area contributed by atoms with Crippen molar-refractivity contribution in [2.45, 2.75) is 32.9 Å². The van der Waals surface area contributed by atoms with E-state index in [-0.39, 0.29) is 5.91 Å². The van der Waals surface area contributed by atoms with E-state index in [9.17, 15) is 9.59 Å². The third kappa shape index (κ3) is 4.14. The number of hydrogen-bond donors (Lipinski definition) is 2. The second-order valence-electron chi connectivity index (χ2n) is 6.40. The van der Waals surface area contributed by atoms with E-state index >= 15 is 0 Å². The van der Waals surface area contributed by atoms with Crippen LogP contribution in [0.2, 0.25) is 0 Å². The molecule has 2 aromatic carbocycles. The van der Waals surface area contributed by atoms with Crippen molar-refractivity contribution in [3.8, 4) is 11.5 Å². The van der Waals surface area contributed by atoms with Crippen LogP contribution in [0.1, 0.15) is 22.3 Å². The molecule has 1 amide bonds. The van der Waals surface area contributed by atoms with Crippen molar-refractivity contribution in [3.05, 3.63) is 58.7 Å². The number of carboxylic acids is 1. The number of benzene rings is 2. The monoisotopic (exact) mass is 355 g/mol. The number of aliphatic carboxylic acids is 1. The van der Waals surface area contributed by atoms with Crippen LogP contribution < -0.4 is 14.8 Å². The first-order valence-electron chi connectivity index (χ1n) is 8.40. The Morgan fingerprint density at radius 2 is 2.00 bits per heavy atom. The predicted molar refractivity (Wildman–Crippen MR) is 95.5 cm³/mol. The first-order chi connectivity index (χ1) is 12.4. The Morgan fingerprint density at radius 1 is 1.23 bits per heavy atom. The molecule has 1 aliphatic rings. The van der Waals surface area contributed by atoms with Crippen molar-refractivity contribution in [3.63, 3.8) is 0 Å². The van der Waals surface area contributed by atoms with Crippen LogP contribution in [0, 0.1) is 13.8 Å². The van der Waals surface area contributed by atoms with E-state index in [1.165, 1.54) is 5.56 Å². The Balaban J connectivity index is 1.56. The summed E-state index contributed by atoms with van der Waals surface area (Å²) in [6, 6.07) is 11.0. The van der Waals surface area contributed by atoms with Gasteiger partial charge in [0.15, 0.2) is 12.7 Å². The number of amides is 1. The van der Waals surface area contributed by atoms with Gasteiger partial charge < -0.3 is 19.9 Å². The maximum absolute atomic E-state index is 12.4. The molecule has 0 fully saturated rings. The topological polar surface area (TPSA) is 84.9 Å². The summed E-state index contributed by atoms with van der Waals surface area (Å²) in [5.41, 5.74) is 4.20. The zero-order valence-electron chi connectivity index (χ0n) is 14.7. The summed E-state index contributed by atoms with van der Waals surface area (Å²) in [5.74, 6) is 0.0208. The molecule has 6 nitrogen and oxygen atoms in total.